The van der Waals surface area contributed by atoms with Crippen molar-refractivity contribution in [3.63, 3.8) is 0 Å². The monoisotopic (exact) mass is 826 g/mol. The van der Waals surface area contributed by atoms with Gasteiger partial charge in [-0.2, -0.15) is 21.0 Å². The van der Waals surface area contributed by atoms with Crippen molar-refractivity contribution in [1.82, 2.24) is 0 Å². The van der Waals surface area contributed by atoms with Gasteiger partial charge in [-0.15, -0.1) is 0 Å². The predicted molar refractivity (Wildman–Crippen MR) is 206 cm³/mol. The number of halogens is 8. The van der Waals surface area contributed by atoms with E-state index in [2.05, 4.69) is 19.4 Å². The van der Waals surface area contributed by atoms with Gasteiger partial charge < -0.3 is 0 Å². The molecule has 0 amide bonds. The van der Waals surface area contributed by atoms with Crippen molar-refractivity contribution in [1.29, 1.82) is 21.0 Å². The first-order valence-electron chi connectivity index (χ1n) is 17.0. The summed E-state index contributed by atoms with van der Waals surface area (Å²) in [5, 5.41) is 40.0. The smallest absolute Gasteiger partial charge is 0.238 e. The number of nitrogens with zero attached hydrogens (tertiary/aromatic N) is 8. The SMILES string of the molecule is [C-]#[N+]C1=C(c2cccc(C3=C(C#N)c4cc([N+]#[C-])ccc4/C3=C(/C#N)c3c(F)c(F)c([N+]#[C-])c(F)c3F)c2)/C(=C(\[N+]#[C-])c2c(F)c(F)c(C#N)c(F)c2F)c2ccc(C#N)cc21. The average Bonchev–Trinajstić information content (AvgIpc) is 3.79. The first kappa shape index (κ1) is 40.6. The first-order chi connectivity index (χ1) is 29.8. The summed E-state index contributed by atoms with van der Waals surface area (Å²) in [6.45, 7) is 30.7. The van der Waals surface area contributed by atoms with Crippen LogP contribution in [0.1, 0.15) is 55.6 Å². The summed E-state index contributed by atoms with van der Waals surface area (Å²) in [7, 11) is 0. The molecule has 0 fully saturated rings. The second-order valence-electron chi connectivity index (χ2n) is 12.9. The van der Waals surface area contributed by atoms with E-state index in [1.54, 1.807) is 6.07 Å². The third kappa shape index (κ3) is 5.74. The molecule has 7 rings (SSSR count). The zero-order chi connectivity index (χ0) is 44.9. The molecule has 0 saturated heterocycles. The van der Waals surface area contributed by atoms with Gasteiger partial charge in [0.2, 0.25) is 11.4 Å². The minimum Gasteiger partial charge on any atom is -0.238 e. The molecule has 0 unspecified atom stereocenters. The van der Waals surface area contributed by atoms with Crippen LogP contribution in [0.3, 0.4) is 0 Å². The highest BCUT2D eigenvalue weighted by Crippen LogP contribution is 2.54. The zero-order valence-corrected chi connectivity index (χ0v) is 30.4. The van der Waals surface area contributed by atoms with Gasteiger partial charge in [0.1, 0.15) is 23.8 Å². The highest BCUT2D eigenvalue weighted by Gasteiger charge is 2.38. The van der Waals surface area contributed by atoms with E-state index in [1.807, 2.05) is 12.1 Å². The molecule has 0 N–H and O–H groups in total. The van der Waals surface area contributed by atoms with Crippen LogP contribution in [0.5, 0.6) is 0 Å². The lowest BCUT2D eigenvalue weighted by Gasteiger charge is -2.17. The predicted octanol–water partition coefficient (Wildman–Crippen LogP) is 12.1. The van der Waals surface area contributed by atoms with Crippen LogP contribution in [-0.2, 0) is 0 Å². The van der Waals surface area contributed by atoms with Crippen LogP contribution < -0.4 is 0 Å². The van der Waals surface area contributed by atoms with Gasteiger partial charge in [-0.3, -0.25) is 0 Å². The van der Waals surface area contributed by atoms with E-state index in [-0.39, 0.29) is 67.0 Å². The lowest BCUT2D eigenvalue weighted by atomic mass is 9.86. The van der Waals surface area contributed by atoms with E-state index in [4.69, 9.17) is 26.3 Å². The Morgan fingerprint density at radius 1 is 0.516 bits per heavy atom. The van der Waals surface area contributed by atoms with Gasteiger partial charge in [-0.1, -0.05) is 36.4 Å². The molecule has 16 heteroatoms. The van der Waals surface area contributed by atoms with Gasteiger partial charge >= 0.3 is 0 Å². The fraction of sp³-hybridized carbons (Fsp3) is 0. The number of benzene rings is 5. The van der Waals surface area contributed by atoms with Crippen molar-refractivity contribution < 1.29 is 35.1 Å². The Morgan fingerprint density at radius 3 is 1.65 bits per heavy atom. The van der Waals surface area contributed by atoms with Crippen molar-refractivity contribution in [2.24, 2.45) is 0 Å². The average molecular weight is 827 g/mol. The van der Waals surface area contributed by atoms with E-state index in [0.29, 0.717) is 0 Å². The van der Waals surface area contributed by atoms with Crippen molar-refractivity contribution in [2.45, 2.75) is 0 Å². The Kier molecular flexibility index (Phi) is 10.0. The molecule has 2 aliphatic rings. The van der Waals surface area contributed by atoms with Gasteiger partial charge in [0.05, 0.1) is 60.2 Å². The van der Waals surface area contributed by atoms with Crippen LogP contribution in [0.15, 0.2) is 60.7 Å². The van der Waals surface area contributed by atoms with Crippen molar-refractivity contribution in [3.05, 3.63) is 209 Å². The van der Waals surface area contributed by atoms with E-state index in [0.717, 1.165) is 6.07 Å². The number of allylic oxidation sites excluding steroid dienone is 6. The third-order valence-corrected chi connectivity index (χ3v) is 9.92. The quantitative estimate of drug-likeness (QED) is 0.0777. The summed E-state index contributed by atoms with van der Waals surface area (Å²) in [4.78, 5) is 12.6. The normalized spacial score (nSPS) is 13.9. The van der Waals surface area contributed by atoms with Crippen LogP contribution in [-0.4, -0.2) is 0 Å². The molecule has 2 aliphatic carbocycles. The number of hydrogen-bond donors (Lipinski definition) is 0. The summed E-state index contributed by atoms with van der Waals surface area (Å²) in [5.74, 6) is -17.0. The Hall–Kier alpha value is -9.58. The summed E-state index contributed by atoms with van der Waals surface area (Å²) in [5.41, 5.74) is -11.6. The van der Waals surface area contributed by atoms with Gasteiger partial charge in [-0.05, 0) is 68.8 Å². The number of fused-ring (bicyclic) bond motifs is 2. The maximum absolute atomic E-state index is 15.7. The molecular weight excluding hydrogens is 817 g/mol. The molecule has 5 aromatic rings. The molecule has 290 valence electrons. The first-order valence-corrected chi connectivity index (χ1v) is 17.0. The van der Waals surface area contributed by atoms with Crippen LogP contribution in [0, 0.1) is 118 Å². The molecular formula is C46H10F8N8. The minimum absolute atomic E-state index is 0.0293. The maximum Gasteiger partial charge on any atom is 0.262 e. The minimum atomic E-state index is -2.12. The van der Waals surface area contributed by atoms with E-state index >= 15 is 35.1 Å². The number of rotatable bonds is 4. The standard InChI is InChI=1S/C46H10F8N8/c1-59-22-9-11-23-25(14-22)27(16-56)30(32(23)28(17-57)34-38(49)42(53)46(62-4)43(54)39(34)50)20-6-5-7-21(13-20)31-33(24-10-8-19(15-55)12-26(24)44(31)60-2)45(61-3)35-40(51)36(47)29(18-58)37(48)41(35)52/h5-14H/b32-28+,45-33-. The van der Waals surface area contributed by atoms with Gasteiger partial charge in [0, 0.05) is 11.1 Å². The Morgan fingerprint density at radius 2 is 1.11 bits per heavy atom. The zero-order valence-electron chi connectivity index (χ0n) is 30.4. The van der Waals surface area contributed by atoms with Crippen LogP contribution in [0.2, 0.25) is 0 Å². The van der Waals surface area contributed by atoms with E-state index in [1.165, 1.54) is 60.7 Å². The maximum atomic E-state index is 15.7. The molecule has 0 aromatic heterocycles. The van der Waals surface area contributed by atoms with Gasteiger partial charge in [-0.25, -0.2) is 54.5 Å². The largest absolute Gasteiger partial charge is 0.262 e. The van der Waals surface area contributed by atoms with E-state index < -0.39 is 91.3 Å². The third-order valence-electron chi connectivity index (χ3n) is 9.92. The van der Waals surface area contributed by atoms with Gasteiger partial charge in [0.25, 0.3) is 5.69 Å². The molecule has 0 saturated carbocycles. The fourth-order valence-corrected chi connectivity index (χ4v) is 7.32. The Balaban J connectivity index is 1.62. The lowest BCUT2D eigenvalue weighted by Crippen LogP contribution is -2.07. The number of hydrogen-bond acceptors (Lipinski definition) is 4. The number of nitriles is 4. The van der Waals surface area contributed by atoms with Crippen molar-refractivity contribution in [2.75, 3.05) is 0 Å². The highest BCUT2D eigenvalue weighted by atomic mass is 19.2. The molecule has 8 nitrogen and oxygen atoms in total. The Bertz CT molecular complexity index is 3200. The molecule has 0 bridgehead atoms. The van der Waals surface area contributed by atoms with Crippen LogP contribution in [0.4, 0.5) is 46.5 Å². The topological polar surface area (TPSA) is 113 Å². The lowest BCUT2D eigenvalue weighted by molar-refractivity contribution is 0.447. The highest BCUT2D eigenvalue weighted by molar-refractivity contribution is 6.32. The van der Waals surface area contributed by atoms with Crippen LogP contribution >= 0.6 is 0 Å². The van der Waals surface area contributed by atoms with Crippen LogP contribution in [0.25, 0.3) is 64.2 Å². The second kappa shape index (κ2) is 15.3. The summed E-state index contributed by atoms with van der Waals surface area (Å²) < 4.78 is 123. The second-order valence-corrected chi connectivity index (χ2v) is 12.9. The fourth-order valence-electron chi connectivity index (χ4n) is 7.32. The molecule has 0 heterocycles. The van der Waals surface area contributed by atoms with Crippen molar-refractivity contribution >= 4 is 56.2 Å². The van der Waals surface area contributed by atoms with E-state index in [9.17, 15) is 21.0 Å². The Labute approximate surface area is 344 Å². The molecule has 5 aromatic carbocycles. The summed E-state index contributed by atoms with van der Waals surface area (Å²) in [6.07, 6.45) is 0. The molecule has 0 radical (unpaired) electrons. The van der Waals surface area contributed by atoms with Gasteiger partial charge in [0.15, 0.2) is 52.2 Å². The molecule has 0 spiro atoms. The molecule has 0 atom stereocenters. The summed E-state index contributed by atoms with van der Waals surface area (Å²) in [6, 6.07) is 18.7. The molecule has 0 aliphatic heterocycles. The molecule has 62 heavy (non-hydrogen) atoms. The summed E-state index contributed by atoms with van der Waals surface area (Å²) >= 11 is 0. The van der Waals surface area contributed by atoms with Crippen molar-refractivity contribution in [3.8, 4) is 24.3 Å².